The number of esters is 1. The zero-order valence-electron chi connectivity index (χ0n) is 12.4. The van der Waals surface area contributed by atoms with Crippen molar-refractivity contribution in [2.75, 3.05) is 39.8 Å². The third kappa shape index (κ3) is 10.7. The Bertz CT molecular complexity index is 329. The van der Waals surface area contributed by atoms with Crippen molar-refractivity contribution in [3.63, 3.8) is 0 Å². The van der Waals surface area contributed by atoms with Crippen molar-refractivity contribution in [3.05, 3.63) is 12.2 Å². The Morgan fingerprint density at radius 2 is 1.95 bits per heavy atom. The first-order valence-electron chi connectivity index (χ1n) is 6.49. The van der Waals surface area contributed by atoms with Crippen LogP contribution in [0.4, 0.5) is 9.18 Å². The molecule has 7 nitrogen and oxygen atoms in total. The zero-order chi connectivity index (χ0) is 16.1. The second kappa shape index (κ2) is 12.1. The van der Waals surface area contributed by atoms with Crippen molar-refractivity contribution < 1.29 is 32.9 Å². The molecule has 0 saturated heterocycles. The molecule has 0 heterocycles. The highest BCUT2D eigenvalue weighted by molar-refractivity contribution is 5.86. The SMILES string of the molecule is C=C(C)C(=O)OCCNC(=O)OC(COCC)COCF. The number of alkyl carbamates (subject to hydrolysis) is 1. The lowest BCUT2D eigenvalue weighted by molar-refractivity contribution is -0.138. The van der Waals surface area contributed by atoms with Gasteiger partial charge in [-0.25, -0.2) is 14.0 Å². The lowest BCUT2D eigenvalue weighted by Crippen LogP contribution is -2.35. The van der Waals surface area contributed by atoms with Crippen molar-refractivity contribution >= 4 is 12.1 Å². The van der Waals surface area contributed by atoms with Gasteiger partial charge < -0.3 is 24.3 Å². The van der Waals surface area contributed by atoms with Gasteiger partial charge >= 0.3 is 12.1 Å². The number of ether oxygens (including phenoxy) is 4. The van der Waals surface area contributed by atoms with Crippen LogP contribution >= 0.6 is 0 Å². The first-order chi connectivity index (χ1) is 10.0. The fourth-order valence-electron chi connectivity index (χ4n) is 1.15. The summed E-state index contributed by atoms with van der Waals surface area (Å²) in [5.74, 6) is -0.532. The van der Waals surface area contributed by atoms with Crippen LogP contribution in [-0.2, 0) is 23.7 Å². The summed E-state index contributed by atoms with van der Waals surface area (Å²) in [6, 6.07) is 0. The van der Waals surface area contributed by atoms with Crippen LogP contribution in [0, 0.1) is 0 Å². The molecular weight excluding hydrogens is 285 g/mol. The molecule has 8 heteroatoms. The molecule has 0 aliphatic rings. The number of carbonyl (C=O) groups is 2. The van der Waals surface area contributed by atoms with E-state index in [1.165, 1.54) is 6.92 Å². The molecular formula is C13H22FNO6. The van der Waals surface area contributed by atoms with Crippen molar-refractivity contribution in [2.45, 2.75) is 20.0 Å². The van der Waals surface area contributed by atoms with Crippen molar-refractivity contribution in [3.8, 4) is 0 Å². The first kappa shape index (κ1) is 19.3. The van der Waals surface area contributed by atoms with E-state index in [9.17, 15) is 14.0 Å². The maximum atomic E-state index is 11.9. The van der Waals surface area contributed by atoms with E-state index in [2.05, 4.69) is 16.6 Å². The van der Waals surface area contributed by atoms with Gasteiger partial charge in [-0.1, -0.05) is 6.58 Å². The molecule has 1 N–H and O–H groups in total. The van der Waals surface area contributed by atoms with Crippen molar-refractivity contribution in [1.29, 1.82) is 0 Å². The molecule has 0 saturated carbocycles. The van der Waals surface area contributed by atoms with Crippen LogP contribution in [0.3, 0.4) is 0 Å². The molecule has 21 heavy (non-hydrogen) atoms. The van der Waals surface area contributed by atoms with Gasteiger partial charge in [-0.15, -0.1) is 0 Å². The van der Waals surface area contributed by atoms with Crippen LogP contribution in [0.5, 0.6) is 0 Å². The van der Waals surface area contributed by atoms with Gasteiger partial charge in [0.1, 0.15) is 6.61 Å². The maximum Gasteiger partial charge on any atom is 0.407 e. The molecule has 0 bridgehead atoms. The van der Waals surface area contributed by atoms with E-state index in [1.54, 1.807) is 6.92 Å². The second-order valence-corrected chi connectivity index (χ2v) is 4.01. The van der Waals surface area contributed by atoms with Gasteiger partial charge in [-0.2, -0.15) is 0 Å². The van der Waals surface area contributed by atoms with Crippen molar-refractivity contribution in [1.82, 2.24) is 5.32 Å². The van der Waals surface area contributed by atoms with Gasteiger partial charge in [0.05, 0.1) is 19.8 Å². The monoisotopic (exact) mass is 307 g/mol. The average Bonchev–Trinajstić information content (AvgIpc) is 2.45. The molecule has 1 amide bonds. The molecule has 1 atom stereocenters. The topological polar surface area (TPSA) is 83.1 Å². The Morgan fingerprint density at radius 1 is 1.29 bits per heavy atom. The summed E-state index contributed by atoms with van der Waals surface area (Å²) >= 11 is 0. The summed E-state index contributed by atoms with van der Waals surface area (Å²) in [5, 5.41) is 2.39. The predicted octanol–water partition coefficient (Wildman–Crippen LogP) is 1.18. The van der Waals surface area contributed by atoms with Gasteiger partial charge in [0.25, 0.3) is 0 Å². The molecule has 122 valence electrons. The molecule has 0 fully saturated rings. The van der Waals surface area contributed by atoms with E-state index in [0.29, 0.717) is 6.61 Å². The van der Waals surface area contributed by atoms with E-state index in [0.717, 1.165) is 0 Å². The summed E-state index contributed by atoms with van der Waals surface area (Å²) in [4.78, 5) is 22.5. The molecule has 0 spiro atoms. The second-order valence-electron chi connectivity index (χ2n) is 4.01. The van der Waals surface area contributed by atoms with Gasteiger partial charge in [0.2, 0.25) is 0 Å². The van der Waals surface area contributed by atoms with Gasteiger partial charge in [-0.05, 0) is 13.8 Å². The smallest absolute Gasteiger partial charge is 0.407 e. The standard InChI is InChI=1S/C13H22FNO6/c1-4-18-7-11(8-19-9-14)21-13(17)15-5-6-20-12(16)10(2)3/h11H,2,4-9H2,1,3H3,(H,15,17). The molecule has 0 rings (SSSR count). The number of carbonyl (C=O) groups excluding carboxylic acids is 2. The average molecular weight is 307 g/mol. The Balaban J connectivity index is 3.90. The fraction of sp³-hybridized carbons (Fsp3) is 0.692. The normalized spacial score (nSPS) is 11.6. The third-order valence-corrected chi connectivity index (χ3v) is 2.12. The predicted molar refractivity (Wildman–Crippen MR) is 72.5 cm³/mol. The summed E-state index contributed by atoms with van der Waals surface area (Å²) in [7, 11) is 0. The molecule has 0 aliphatic carbocycles. The quantitative estimate of drug-likeness (QED) is 0.351. The van der Waals surface area contributed by atoms with E-state index < -0.39 is 25.0 Å². The highest BCUT2D eigenvalue weighted by Crippen LogP contribution is 1.97. The molecule has 0 aromatic carbocycles. The number of rotatable bonds is 11. The van der Waals surface area contributed by atoms with Crippen LogP contribution in [0.15, 0.2) is 12.2 Å². The van der Waals surface area contributed by atoms with E-state index in [4.69, 9.17) is 14.2 Å². The number of alkyl halides is 1. The van der Waals surface area contributed by atoms with E-state index in [-0.39, 0.29) is 31.9 Å². The Morgan fingerprint density at radius 3 is 2.52 bits per heavy atom. The Hall–Kier alpha value is -1.67. The molecule has 0 aliphatic heterocycles. The van der Waals surface area contributed by atoms with Crippen LogP contribution in [0.2, 0.25) is 0 Å². The summed E-state index contributed by atoms with van der Waals surface area (Å²) in [5.41, 5.74) is 0.276. The highest BCUT2D eigenvalue weighted by Gasteiger charge is 2.15. The largest absolute Gasteiger partial charge is 0.460 e. The minimum absolute atomic E-state index is 0.00208. The number of amides is 1. The summed E-state index contributed by atoms with van der Waals surface area (Å²) in [6.45, 7) is 6.28. The Labute approximate surface area is 123 Å². The zero-order valence-corrected chi connectivity index (χ0v) is 12.4. The number of hydrogen-bond donors (Lipinski definition) is 1. The van der Waals surface area contributed by atoms with Gasteiger partial charge in [0, 0.05) is 12.2 Å². The summed E-state index contributed by atoms with van der Waals surface area (Å²) < 4.78 is 31.3. The summed E-state index contributed by atoms with van der Waals surface area (Å²) in [6.07, 6.45) is -1.44. The Kier molecular flexibility index (Phi) is 11.1. The first-order valence-corrected chi connectivity index (χ1v) is 6.49. The number of hydrogen-bond acceptors (Lipinski definition) is 6. The molecule has 0 radical (unpaired) electrons. The van der Waals surface area contributed by atoms with Crippen LogP contribution < -0.4 is 5.32 Å². The van der Waals surface area contributed by atoms with Crippen LogP contribution in [-0.4, -0.2) is 58.0 Å². The van der Waals surface area contributed by atoms with E-state index >= 15 is 0 Å². The number of nitrogens with one attached hydrogen (secondary N) is 1. The highest BCUT2D eigenvalue weighted by atomic mass is 19.1. The number of halogens is 1. The van der Waals surface area contributed by atoms with Crippen molar-refractivity contribution in [2.24, 2.45) is 0 Å². The lowest BCUT2D eigenvalue weighted by Gasteiger charge is -2.17. The fourth-order valence-corrected chi connectivity index (χ4v) is 1.15. The third-order valence-electron chi connectivity index (χ3n) is 2.12. The van der Waals surface area contributed by atoms with Gasteiger partial charge in [-0.3, -0.25) is 0 Å². The minimum Gasteiger partial charge on any atom is -0.460 e. The molecule has 1 unspecified atom stereocenters. The molecule has 0 aromatic heterocycles. The van der Waals surface area contributed by atoms with Crippen LogP contribution in [0.1, 0.15) is 13.8 Å². The minimum atomic E-state index is -0.968. The van der Waals surface area contributed by atoms with E-state index in [1.807, 2.05) is 0 Å². The molecule has 0 aromatic rings. The lowest BCUT2D eigenvalue weighted by atomic mass is 10.4. The van der Waals surface area contributed by atoms with Crippen LogP contribution in [0.25, 0.3) is 0 Å². The van der Waals surface area contributed by atoms with Gasteiger partial charge in [0.15, 0.2) is 13.0 Å². The maximum absolute atomic E-state index is 11.9.